The van der Waals surface area contributed by atoms with E-state index in [0.29, 0.717) is 9.80 Å². The second-order valence-electron chi connectivity index (χ2n) is 6.59. The van der Waals surface area contributed by atoms with E-state index in [2.05, 4.69) is 4.74 Å². The van der Waals surface area contributed by atoms with E-state index in [1.165, 1.54) is 14.2 Å². The minimum Gasteiger partial charge on any atom is -0.380 e. The Morgan fingerprint density at radius 1 is 0.913 bits per heavy atom. The van der Waals surface area contributed by atoms with Crippen molar-refractivity contribution in [2.75, 3.05) is 34.0 Å². The van der Waals surface area contributed by atoms with Gasteiger partial charge in [0.15, 0.2) is 12.6 Å². The zero-order valence-electron chi connectivity index (χ0n) is 14.7. The van der Waals surface area contributed by atoms with Crippen molar-refractivity contribution in [1.82, 2.24) is 9.80 Å². The van der Waals surface area contributed by atoms with Crippen LogP contribution in [0, 0.1) is 11.8 Å². The molecule has 0 aromatic carbocycles. The van der Waals surface area contributed by atoms with Crippen molar-refractivity contribution >= 4 is 0 Å². The van der Waals surface area contributed by atoms with Gasteiger partial charge < -0.3 is 9.47 Å². The van der Waals surface area contributed by atoms with Crippen molar-refractivity contribution in [3.63, 3.8) is 0 Å². The molecule has 23 heavy (non-hydrogen) atoms. The first-order valence-corrected chi connectivity index (χ1v) is 7.77. The van der Waals surface area contributed by atoms with E-state index in [-0.39, 0.29) is 18.4 Å². The third kappa shape index (κ3) is 3.50. The number of halogens is 4. The maximum Gasteiger partial charge on any atom is 0.374 e. The number of hydrogen-bond acceptors (Lipinski definition) is 4. The molecule has 4 nitrogen and oxygen atoms in total. The molecule has 0 aromatic rings. The van der Waals surface area contributed by atoms with E-state index in [1.54, 1.807) is 27.7 Å². The largest absolute Gasteiger partial charge is 0.380 e. The molecular weight excluding hydrogens is 316 g/mol. The molecule has 0 bridgehead atoms. The summed E-state index contributed by atoms with van der Waals surface area (Å²) in [7, 11) is 2.48. The molecule has 0 N–H and O–H groups in total. The molecule has 1 rings (SSSR count). The summed E-state index contributed by atoms with van der Waals surface area (Å²) >= 11 is 0. The summed E-state index contributed by atoms with van der Waals surface area (Å²) in [4.78, 5) is 0.875. The van der Waals surface area contributed by atoms with E-state index < -0.39 is 37.5 Å². The molecule has 1 aliphatic heterocycles. The van der Waals surface area contributed by atoms with Crippen molar-refractivity contribution in [3.8, 4) is 0 Å². The first-order valence-electron chi connectivity index (χ1n) is 7.77. The van der Waals surface area contributed by atoms with E-state index in [0.717, 1.165) is 0 Å². The number of methoxy groups -OCH3 is 2. The number of nitrogens with zero attached hydrogens (tertiary/aromatic N) is 2. The van der Waals surface area contributed by atoms with Crippen LogP contribution in [-0.2, 0) is 9.47 Å². The zero-order valence-corrected chi connectivity index (χ0v) is 14.7. The number of alkyl halides is 4. The van der Waals surface area contributed by atoms with Crippen LogP contribution in [0.3, 0.4) is 0 Å². The molecule has 138 valence electrons. The molecule has 0 aliphatic carbocycles. The Hall–Kier alpha value is -0.440. The lowest BCUT2D eigenvalue weighted by atomic mass is 9.76. The second-order valence-corrected chi connectivity index (χ2v) is 6.59. The fraction of sp³-hybridized carbons (Fsp3) is 1.00. The van der Waals surface area contributed by atoms with Gasteiger partial charge in [-0.25, -0.2) is 8.78 Å². The molecule has 0 amide bonds. The van der Waals surface area contributed by atoms with Gasteiger partial charge in [-0.2, -0.15) is 18.6 Å². The minimum absolute atomic E-state index is 0.288. The number of ether oxygens (including phenoxy) is 2. The van der Waals surface area contributed by atoms with Gasteiger partial charge in [0.25, 0.3) is 0 Å². The molecule has 1 heterocycles. The van der Waals surface area contributed by atoms with Crippen LogP contribution in [0.1, 0.15) is 27.7 Å². The molecule has 8 heteroatoms. The zero-order chi connectivity index (χ0) is 18.0. The first kappa shape index (κ1) is 20.6. The summed E-state index contributed by atoms with van der Waals surface area (Å²) < 4.78 is 68.0. The van der Waals surface area contributed by atoms with Crippen molar-refractivity contribution in [2.45, 2.75) is 52.0 Å². The molecule has 2 atom stereocenters. The lowest BCUT2D eigenvalue weighted by Crippen LogP contribution is -2.62. The van der Waals surface area contributed by atoms with E-state index in [9.17, 15) is 17.6 Å². The Labute approximate surface area is 135 Å². The third-order valence-corrected chi connectivity index (χ3v) is 4.73. The van der Waals surface area contributed by atoms with E-state index in [4.69, 9.17) is 4.74 Å². The monoisotopic (exact) mass is 344 g/mol. The first-order chi connectivity index (χ1) is 10.6. The predicted molar refractivity (Wildman–Crippen MR) is 79.4 cm³/mol. The maximum atomic E-state index is 14.9. The topological polar surface area (TPSA) is 24.9 Å². The summed E-state index contributed by atoms with van der Waals surface area (Å²) in [6, 6.07) is 0. The van der Waals surface area contributed by atoms with E-state index >= 15 is 0 Å². The van der Waals surface area contributed by atoms with Gasteiger partial charge in [-0.05, 0) is 11.8 Å². The molecular formula is C15H28F4N2O2. The molecule has 1 aliphatic rings. The smallest absolute Gasteiger partial charge is 0.374 e. The van der Waals surface area contributed by atoms with Crippen LogP contribution >= 0.6 is 0 Å². The Bertz CT molecular complexity index is 374. The summed E-state index contributed by atoms with van der Waals surface area (Å²) in [6.07, 6.45) is -7.84. The highest BCUT2D eigenvalue weighted by molar-refractivity contribution is 5.07. The van der Waals surface area contributed by atoms with Gasteiger partial charge in [0.2, 0.25) is 0 Å². The minimum atomic E-state index is -3.77. The van der Waals surface area contributed by atoms with Gasteiger partial charge >= 0.3 is 6.17 Å². The highest BCUT2D eigenvalue weighted by Gasteiger charge is 2.67. The van der Waals surface area contributed by atoms with Gasteiger partial charge in [0.05, 0.1) is 13.2 Å². The fourth-order valence-electron chi connectivity index (χ4n) is 3.56. The average molecular weight is 344 g/mol. The lowest BCUT2D eigenvalue weighted by Gasteiger charge is -2.46. The Morgan fingerprint density at radius 3 is 1.74 bits per heavy atom. The van der Waals surface area contributed by atoms with Crippen LogP contribution in [0.5, 0.6) is 0 Å². The number of rotatable bonds is 8. The molecule has 2 unspecified atom stereocenters. The third-order valence-electron chi connectivity index (χ3n) is 4.73. The van der Waals surface area contributed by atoms with E-state index in [1.807, 2.05) is 0 Å². The second kappa shape index (κ2) is 7.63. The van der Waals surface area contributed by atoms with Crippen molar-refractivity contribution in [1.29, 1.82) is 0 Å². The van der Waals surface area contributed by atoms with Crippen molar-refractivity contribution in [2.24, 2.45) is 11.8 Å². The molecule has 0 saturated carbocycles. The summed E-state index contributed by atoms with van der Waals surface area (Å²) in [5, 5.41) is 0. The summed E-state index contributed by atoms with van der Waals surface area (Å²) in [5.41, 5.74) is -1.22. The Morgan fingerprint density at radius 2 is 1.35 bits per heavy atom. The lowest BCUT2D eigenvalue weighted by molar-refractivity contribution is -0.284. The predicted octanol–water partition coefficient (Wildman–Crippen LogP) is 3.09. The molecule has 1 saturated heterocycles. The van der Waals surface area contributed by atoms with Gasteiger partial charge in [-0.3, -0.25) is 0 Å². The van der Waals surface area contributed by atoms with Crippen molar-refractivity contribution < 1.29 is 27.0 Å². The Kier molecular flexibility index (Phi) is 6.84. The van der Waals surface area contributed by atoms with Gasteiger partial charge in [-0.15, -0.1) is 0 Å². The maximum absolute atomic E-state index is 14.9. The van der Waals surface area contributed by atoms with Crippen LogP contribution in [0.4, 0.5) is 17.6 Å². The van der Waals surface area contributed by atoms with Crippen LogP contribution in [0.2, 0.25) is 0 Å². The summed E-state index contributed by atoms with van der Waals surface area (Å²) in [6.45, 7) is 5.68. The van der Waals surface area contributed by atoms with Gasteiger partial charge in [0.1, 0.15) is 0 Å². The van der Waals surface area contributed by atoms with Gasteiger partial charge in [-0.1, -0.05) is 27.7 Å². The number of hydrogen-bond donors (Lipinski definition) is 0. The fourth-order valence-corrected chi connectivity index (χ4v) is 3.56. The highest BCUT2D eigenvalue weighted by Crippen LogP contribution is 2.50. The van der Waals surface area contributed by atoms with Crippen LogP contribution in [0.15, 0.2) is 0 Å². The SMILES string of the molecule is COCC(F)N1CC(C(C)C)(C(C)C)N(C(F)COC)C1(F)F. The van der Waals surface area contributed by atoms with Crippen molar-refractivity contribution in [3.05, 3.63) is 0 Å². The van der Waals surface area contributed by atoms with Gasteiger partial charge in [0, 0.05) is 26.3 Å². The van der Waals surface area contributed by atoms with Crippen LogP contribution in [0.25, 0.3) is 0 Å². The molecule has 1 fully saturated rings. The van der Waals surface area contributed by atoms with Crippen LogP contribution in [-0.4, -0.2) is 68.1 Å². The average Bonchev–Trinajstić information content (AvgIpc) is 2.68. The molecule has 0 radical (unpaired) electrons. The molecule has 0 aromatic heterocycles. The highest BCUT2D eigenvalue weighted by atomic mass is 19.3. The Balaban J connectivity index is 3.36. The normalized spacial score (nSPS) is 24.5. The summed E-state index contributed by atoms with van der Waals surface area (Å²) in [5.74, 6) is -0.633. The quantitative estimate of drug-likeness (QED) is 0.499. The standard InChI is InChI=1S/C15H28F4N2O2/c1-10(2)14(11(3)4)9-20(12(16)7-22-5)15(18,19)21(14)13(17)8-23-6/h10-13H,7-9H2,1-6H3. The van der Waals surface area contributed by atoms with Crippen LogP contribution < -0.4 is 0 Å². The molecule has 0 spiro atoms.